The van der Waals surface area contributed by atoms with Crippen LogP contribution in [0.15, 0.2) is 30.3 Å². The zero-order valence-electron chi connectivity index (χ0n) is 16.5. The van der Waals surface area contributed by atoms with E-state index in [1.165, 1.54) is 18.1 Å². The van der Waals surface area contributed by atoms with Crippen LogP contribution in [0.2, 0.25) is 0 Å². The molecule has 30 heavy (non-hydrogen) atoms. The van der Waals surface area contributed by atoms with Crippen molar-refractivity contribution in [2.24, 2.45) is 0 Å². The summed E-state index contributed by atoms with van der Waals surface area (Å²) in [6.45, 7) is 1.75. The fourth-order valence-electron chi connectivity index (χ4n) is 4.18. The standard InChI is InChI=1S/C21H21F4N3O2/c1-12-17(7-8-19(26-12)30-2)28-11-27(15-5-4-14(22)10-15)18-9-13(21(23,24)25)3-6-16(18)20(28)29/h3,6-9,14-15H,4-5,10-11H2,1-2H3/t14-,15-/m0/s1. The van der Waals surface area contributed by atoms with Gasteiger partial charge in [0.15, 0.2) is 0 Å². The summed E-state index contributed by atoms with van der Waals surface area (Å²) in [6.07, 6.45) is -4.45. The minimum Gasteiger partial charge on any atom is -0.481 e. The van der Waals surface area contributed by atoms with E-state index in [4.69, 9.17) is 4.74 Å². The molecule has 1 aliphatic heterocycles. The fraction of sp³-hybridized carbons (Fsp3) is 0.429. The minimum absolute atomic E-state index is 0.0272. The number of carbonyl (C=O) groups excluding carboxylic acids is 1. The third kappa shape index (κ3) is 3.57. The van der Waals surface area contributed by atoms with Gasteiger partial charge in [-0.15, -0.1) is 0 Å². The van der Waals surface area contributed by atoms with Gasteiger partial charge in [0.05, 0.1) is 42.0 Å². The second-order valence-corrected chi connectivity index (χ2v) is 7.60. The Morgan fingerprint density at radius 1 is 1.13 bits per heavy atom. The lowest BCUT2D eigenvalue weighted by atomic mass is 10.0. The summed E-state index contributed by atoms with van der Waals surface area (Å²) in [5.74, 6) is -0.0244. The van der Waals surface area contributed by atoms with Crippen molar-refractivity contribution in [3.05, 3.63) is 47.2 Å². The van der Waals surface area contributed by atoms with Crippen LogP contribution in [0.3, 0.4) is 0 Å². The van der Waals surface area contributed by atoms with Crippen molar-refractivity contribution >= 4 is 17.3 Å². The average molecular weight is 423 g/mol. The fourth-order valence-corrected chi connectivity index (χ4v) is 4.18. The zero-order chi connectivity index (χ0) is 21.6. The smallest absolute Gasteiger partial charge is 0.416 e. The number of fused-ring (bicyclic) bond motifs is 1. The van der Waals surface area contributed by atoms with Crippen molar-refractivity contribution in [2.45, 2.75) is 44.6 Å². The second kappa shape index (κ2) is 7.45. The maximum atomic E-state index is 13.9. The Morgan fingerprint density at radius 3 is 2.50 bits per heavy atom. The van der Waals surface area contributed by atoms with Crippen LogP contribution in [0.1, 0.15) is 40.9 Å². The van der Waals surface area contributed by atoms with Crippen molar-refractivity contribution < 1.29 is 27.1 Å². The molecule has 2 aliphatic rings. The summed E-state index contributed by atoms with van der Waals surface area (Å²) in [5, 5.41) is 0. The number of anilines is 2. The summed E-state index contributed by atoms with van der Waals surface area (Å²) < 4.78 is 58.9. The van der Waals surface area contributed by atoms with Gasteiger partial charge in [-0.3, -0.25) is 9.69 Å². The summed E-state index contributed by atoms with van der Waals surface area (Å²) in [4.78, 5) is 20.7. The second-order valence-electron chi connectivity index (χ2n) is 7.60. The van der Waals surface area contributed by atoms with E-state index in [-0.39, 0.29) is 30.4 Å². The van der Waals surface area contributed by atoms with Crippen LogP contribution in [0, 0.1) is 6.92 Å². The highest BCUT2D eigenvalue weighted by Crippen LogP contribution is 2.40. The third-order valence-electron chi connectivity index (χ3n) is 5.72. The average Bonchev–Trinajstić information content (AvgIpc) is 3.13. The predicted octanol–water partition coefficient (Wildman–Crippen LogP) is 4.73. The number of ether oxygens (including phenoxy) is 1. The molecule has 1 fully saturated rings. The van der Waals surface area contributed by atoms with E-state index >= 15 is 0 Å². The Morgan fingerprint density at radius 2 is 1.90 bits per heavy atom. The third-order valence-corrected chi connectivity index (χ3v) is 5.72. The largest absolute Gasteiger partial charge is 0.481 e. The maximum Gasteiger partial charge on any atom is 0.416 e. The van der Waals surface area contributed by atoms with E-state index in [0.717, 1.165) is 12.1 Å². The monoisotopic (exact) mass is 423 g/mol. The first-order valence-corrected chi connectivity index (χ1v) is 9.64. The van der Waals surface area contributed by atoms with Crippen LogP contribution in [0.5, 0.6) is 5.88 Å². The number of halogens is 4. The normalized spacial score (nSPS) is 21.7. The number of hydrogen-bond acceptors (Lipinski definition) is 4. The molecule has 1 aromatic carbocycles. The quantitative estimate of drug-likeness (QED) is 0.670. The summed E-state index contributed by atoms with van der Waals surface area (Å²) in [6, 6.07) is 6.13. The number of carbonyl (C=O) groups is 1. The number of rotatable bonds is 3. The van der Waals surface area contributed by atoms with Gasteiger partial charge in [0.2, 0.25) is 5.88 Å². The van der Waals surface area contributed by atoms with Gasteiger partial charge < -0.3 is 9.64 Å². The van der Waals surface area contributed by atoms with Gasteiger partial charge in [0, 0.05) is 12.1 Å². The zero-order valence-corrected chi connectivity index (χ0v) is 16.5. The number of amides is 1. The van der Waals surface area contributed by atoms with Crippen LogP contribution in [-0.4, -0.2) is 36.9 Å². The highest BCUT2D eigenvalue weighted by molar-refractivity contribution is 6.12. The molecule has 1 saturated carbocycles. The molecule has 2 atom stereocenters. The Kier molecular flexibility index (Phi) is 5.07. The molecule has 4 rings (SSSR count). The SMILES string of the molecule is COc1ccc(N2CN([C@H]3CC[C@H](F)C3)c3cc(C(F)(F)F)ccc3C2=O)c(C)n1. The van der Waals surface area contributed by atoms with Gasteiger partial charge in [0.1, 0.15) is 6.17 Å². The van der Waals surface area contributed by atoms with Gasteiger partial charge in [-0.05, 0) is 50.5 Å². The van der Waals surface area contributed by atoms with E-state index < -0.39 is 23.8 Å². The molecule has 1 aromatic heterocycles. The van der Waals surface area contributed by atoms with Crippen LogP contribution in [-0.2, 0) is 6.18 Å². The van der Waals surface area contributed by atoms with Crippen LogP contribution >= 0.6 is 0 Å². The molecular weight excluding hydrogens is 402 g/mol. The molecule has 5 nitrogen and oxygen atoms in total. The van der Waals surface area contributed by atoms with Crippen molar-refractivity contribution in [1.29, 1.82) is 0 Å². The summed E-state index contributed by atoms with van der Waals surface area (Å²) in [7, 11) is 1.48. The first-order chi connectivity index (χ1) is 14.2. The molecule has 0 bridgehead atoms. The lowest BCUT2D eigenvalue weighted by molar-refractivity contribution is -0.137. The van der Waals surface area contributed by atoms with Crippen molar-refractivity contribution in [1.82, 2.24) is 4.98 Å². The highest BCUT2D eigenvalue weighted by atomic mass is 19.4. The molecule has 0 saturated heterocycles. The van der Waals surface area contributed by atoms with Gasteiger partial charge in [0.25, 0.3) is 5.91 Å². The number of hydrogen-bond donors (Lipinski definition) is 0. The van der Waals surface area contributed by atoms with Crippen molar-refractivity contribution in [3.63, 3.8) is 0 Å². The van der Waals surface area contributed by atoms with Gasteiger partial charge in [-0.2, -0.15) is 13.2 Å². The van der Waals surface area contributed by atoms with Crippen molar-refractivity contribution in [2.75, 3.05) is 23.6 Å². The first kappa shape index (κ1) is 20.4. The van der Waals surface area contributed by atoms with Gasteiger partial charge in [-0.25, -0.2) is 9.37 Å². The number of pyridine rings is 1. The Hall–Kier alpha value is -2.84. The maximum absolute atomic E-state index is 13.9. The molecular formula is C21H21F4N3O2. The molecule has 2 heterocycles. The molecule has 0 unspecified atom stereocenters. The minimum atomic E-state index is -4.53. The van der Waals surface area contributed by atoms with E-state index in [2.05, 4.69) is 4.98 Å². The number of benzene rings is 1. The van der Waals surface area contributed by atoms with Crippen LogP contribution in [0.25, 0.3) is 0 Å². The molecule has 160 valence electrons. The molecule has 1 amide bonds. The Labute approximate surface area is 171 Å². The van der Waals surface area contributed by atoms with Crippen molar-refractivity contribution in [3.8, 4) is 5.88 Å². The lowest BCUT2D eigenvalue weighted by Gasteiger charge is -2.42. The van der Waals surface area contributed by atoms with Crippen LogP contribution < -0.4 is 14.5 Å². The van der Waals surface area contributed by atoms with E-state index in [9.17, 15) is 22.4 Å². The topological polar surface area (TPSA) is 45.7 Å². The lowest BCUT2D eigenvalue weighted by Crippen LogP contribution is -2.51. The molecule has 2 aromatic rings. The summed E-state index contributed by atoms with van der Waals surface area (Å²) in [5.41, 5.74) is 0.611. The number of aryl methyl sites for hydroxylation is 1. The van der Waals surface area contributed by atoms with E-state index in [1.807, 2.05) is 0 Å². The molecule has 1 aliphatic carbocycles. The molecule has 9 heteroatoms. The Balaban J connectivity index is 1.80. The predicted molar refractivity (Wildman–Crippen MR) is 104 cm³/mol. The van der Waals surface area contributed by atoms with Crippen LogP contribution in [0.4, 0.5) is 28.9 Å². The number of methoxy groups -OCH3 is 1. The molecule has 0 spiro atoms. The van der Waals surface area contributed by atoms with E-state index in [1.54, 1.807) is 24.0 Å². The molecule has 0 radical (unpaired) electrons. The molecule has 0 N–H and O–H groups in total. The summed E-state index contributed by atoms with van der Waals surface area (Å²) >= 11 is 0. The van der Waals surface area contributed by atoms with Gasteiger partial charge >= 0.3 is 6.18 Å². The first-order valence-electron chi connectivity index (χ1n) is 9.64. The highest BCUT2D eigenvalue weighted by Gasteiger charge is 2.40. The number of nitrogens with zero attached hydrogens (tertiary/aromatic N) is 3. The van der Waals surface area contributed by atoms with E-state index in [0.29, 0.717) is 30.1 Å². The Bertz CT molecular complexity index is 979. The number of alkyl halides is 4. The van der Waals surface area contributed by atoms with Gasteiger partial charge in [-0.1, -0.05) is 0 Å². The number of aromatic nitrogens is 1.